The number of ketones is 1. The number of benzene rings is 3. The number of aliphatic carboxylic acids is 1. The average Bonchev–Trinajstić information content (AvgIpc) is 2.99. The molecule has 0 fully saturated rings. The van der Waals surface area contributed by atoms with Gasteiger partial charge < -0.3 is 14.9 Å². The van der Waals surface area contributed by atoms with Crippen molar-refractivity contribution in [3.63, 3.8) is 0 Å². The minimum Gasteiger partial charge on any atom is -0.490 e. The summed E-state index contributed by atoms with van der Waals surface area (Å²) in [7, 11) is 0. The van der Waals surface area contributed by atoms with Gasteiger partial charge in [0.25, 0.3) is 0 Å². The minimum absolute atomic E-state index is 0.0191. The zero-order valence-corrected chi connectivity index (χ0v) is 28.9. The van der Waals surface area contributed by atoms with Crippen LogP contribution in [0.25, 0.3) is 12.2 Å². The lowest BCUT2D eigenvalue weighted by atomic mass is 9.84. The number of hydrogen-bond donors (Lipinski definition) is 2. The number of carboxylic acid groups (broad SMARTS) is 1. The molecule has 1 aliphatic rings. The van der Waals surface area contributed by atoms with E-state index in [2.05, 4.69) is 20.8 Å². The molecule has 2 N–H and O–H groups in total. The molecule has 0 radical (unpaired) electrons. The number of rotatable bonds is 8. The molecule has 0 unspecified atom stereocenters. The summed E-state index contributed by atoms with van der Waals surface area (Å²) in [6.07, 6.45) is 7.77. The maximum Gasteiger partial charge on any atom is 0.307 e. The molecule has 1 aliphatic heterocycles. The van der Waals surface area contributed by atoms with Gasteiger partial charge in [0.15, 0.2) is 17.3 Å². The van der Waals surface area contributed by atoms with Crippen molar-refractivity contribution in [3.8, 4) is 5.75 Å². The Bertz CT molecular complexity index is 1560. The lowest BCUT2D eigenvalue weighted by Gasteiger charge is -2.22. The highest BCUT2D eigenvalue weighted by Crippen LogP contribution is 2.35. The molecule has 1 heterocycles. The Balaban J connectivity index is 0.000000378. The number of ether oxygens (including phenoxy) is 1. The van der Waals surface area contributed by atoms with Crippen molar-refractivity contribution >= 4 is 23.9 Å². The third-order valence-corrected chi connectivity index (χ3v) is 7.86. The molecular formula is C39H50F2O5. The quantitative estimate of drug-likeness (QED) is 0.190. The average molecular weight is 637 g/mol. The van der Waals surface area contributed by atoms with Crippen molar-refractivity contribution in [2.75, 3.05) is 6.61 Å². The Labute approximate surface area is 273 Å². The molecule has 0 aliphatic carbocycles. The number of carbonyl (C=O) groups excluding carboxylic acids is 1. The summed E-state index contributed by atoms with van der Waals surface area (Å²) in [6.45, 7) is 17.9. The maximum absolute atomic E-state index is 14.6. The van der Waals surface area contributed by atoms with Gasteiger partial charge in [-0.2, -0.15) is 0 Å². The van der Waals surface area contributed by atoms with Gasteiger partial charge in [0, 0.05) is 17.5 Å². The molecule has 3 aromatic rings. The van der Waals surface area contributed by atoms with Crippen LogP contribution in [0, 0.1) is 32.4 Å². The number of carboxylic acids is 1. The molecule has 3 aromatic carbocycles. The molecule has 4 rings (SSSR count). The minimum atomic E-state index is -0.841. The third kappa shape index (κ3) is 10.6. The zero-order valence-electron chi connectivity index (χ0n) is 28.9. The number of hydrogen-bond acceptors (Lipinski definition) is 4. The van der Waals surface area contributed by atoms with Gasteiger partial charge in [-0.15, -0.1) is 0 Å². The Morgan fingerprint density at radius 3 is 2.07 bits per heavy atom. The SMILES string of the molecule is CC(C)(C)O.CCC(=O)c1cccc(F)c1.CCc1c(C)c(/C=C/c2cc(F)c3c(c2C)CCCO3)c(CC(=O)O)c(C)c1CC. The van der Waals surface area contributed by atoms with Crippen LogP contribution in [0.5, 0.6) is 5.75 Å². The van der Waals surface area contributed by atoms with Crippen LogP contribution in [0.1, 0.15) is 115 Å². The fourth-order valence-electron chi connectivity index (χ4n) is 5.68. The molecule has 0 bridgehead atoms. The summed E-state index contributed by atoms with van der Waals surface area (Å²) in [5.74, 6) is -1.17. The molecular weight excluding hydrogens is 586 g/mol. The van der Waals surface area contributed by atoms with E-state index in [1.165, 1.54) is 35.4 Å². The topological polar surface area (TPSA) is 83.8 Å². The second kappa shape index (κ2) is 17.2. The van der Waals surface area contributed by atoms with Crippen LogP contribution in [0.2, 0.25) is 0 Å². The molecule has 0 spiro atoms. The fourth-order valence-corrected chi connectivity index (χ4v) is 5.68. The zero-order chi connectivity index (χ0) is 34.8. The lowest BCUT2D eigenvalue weighted by Crippen LogP contribution is -2.12. The fraction of sp³-hybridized carbons (Fsp3) is 0.436. The largest absolute Gasteiger partial charge is 0.490 e. The van der Waals surface area contributed by atoms with Crippen molar-refractivity contribution in [1.29, 1.82) is 0 Å². The van der Waals surface area contributed by atoms with Crippen molar-refractivity contribution in [2.24, 2.45) is 0 Å². The summed E-state index contributed by atoms with van der Waals surface area (Å²) in [4.78, 5) is 22.6. The molecule has 46 heavy (non-hydrogen) atoms. The van der Waals surface area contributed by atoms with Gasteiger partial charge in [-0.1, -0.05) is 45.1 Å². The summed E-state index contributed by atoms with van der Waals surface area (Å²) in [6, 6.07) is 7.27. The highest BCUT2D eigenvalue weighted by molar-refractivity contribution is 5.95. The normalized spacial score (nSPS) is 12.3. The molecule has 250 valence electrons. The Hall–Kier alpha value is -3.84. The summed E-state index contributed by atoms with van der Waals surface area (Å²) in [5.41, 5.74) is 9.23. The van der Waals surface area contributed by atoms with E-state index in [0.717, 1.165) is 64.6 Å². The third-order valence-electron chi connectivity index (χ3n) is 7.86. The van der Waals surface area contributed by atoms with Gasteiger partial charge in [-0.05, 0) is 130 Å². The molecule has 7 heteroatoms. The lowest BCUT2D eigenvalue weighted by molar-refractivity contribution is -0.136. The highest BCUT2D eigenvalue weighted by atomic mass is 19.1. The monoisotopic (exact) mass is 636 g/mol. The summed E-state index contributed by atoms with van der Waals surface area (Å²) < 4.78 is 32.7. The van der Waals surface area contributed by atoms with Crippen LogP contribution in [-0.4, -0.2) is 34.2 Å². The number of carbonyl (C=O) groups is 2. The van der Waals surface area contributed by atoms with Crippen molar-refractivity contribution in [2.45, 2.75) is 106 Å². The van der Waals surface area contributed by atoms with Crippen LogP contribution in [0.4, 0.5) is 8.78 Å². The van der Waals surface area contributed by atoms with E-state index in [1.807, 2.05) is 26.0 Å². The van der Waals surface area contributed by atoms with Crippen LogP contribution < -0.4 is 4.74 Å². The van der Waals surface area contributed by atoms with Crippen molar-refractivity contribution in [3.05, 3.63) is 97.6 Å². The maximum atomic E-state index is 14.6. The Kier molecular flexibility index (Phi) is 14.3. The van der Waals surface area contributed by atoms with Gasteiger partial charge in [0.2, 0.25) is 0 Å². The Morgan fingerprint density at radius 2 is 1.52 bits per heavy atom. The smallest absolute Gasteiger partial charge is 0.307 e. The summed E-state index contributed by atoms with van der Waals surface area (Å²) in [5, 5.41) is 18.0. The van der Waals surface area contributed by atoms with Gasteiger partial charge in [-0.25, -0.2) is 8.78 Å². The molecule has 5 nitrogen and oxygen atoms in total. The molecule has 0 amide bonds. The van der Waals surface area contributed by atoms with Crippen LogP contribution in [-0.2, 0) is 30.5 Å². The molecule has 0 atom stereocenters. The van der Waals surface area contributed by atoms with E-state index in [0.29, 0.717) is 24.3 Å². The van der Waals surface area contributed by atoms with E-state index in [4.69, 9.17) is 9.84 Å². The number of halogens is 2. The second-order valence-corrected chi connectivity index (χ2v) is 12.5. The van der Waals surface area contributed by atoms with Gasteiger partial charge in [0.1, 0.15) is 5.82 Å². The van der Waals surface area contributed by atoms with E-state index in [1.54, 1.807) is 33.8 Å². The van der Waals surface area contributed by atoms with Crippen LogP contribution >= 0.6 is 0 Å². The first-order valence-corrected chi connectivity index (χ1v) is 16.0. The van der Waals surface area contributed by atoms with Crippen molar-refractivity contribution < 1.29 is 33.3 Å². The van der Waals surface area contributed by atoms with Gasteiger partial charge in [-0.3, -0.25) is 9.59 Å². The van der Waals surface area contributed by atoms with Gasteiger partial charge >= 0.3 is 5.97 Å². The van der Waals surface area contributed by atoms with Crippen LogP contribution in [0.3, 0.4) is 0 Å². The van der Waals surface area contributed by atoms with E-state index >= 15 is 0 Å². The van der Waals surface area contributed by atoms with Crippen molar-refractivity contribution in [1.82, 2.24) is 0 Å². The Morgan fingerprint density at radius 1 is 0.913 bits per heavy atom. The number of Topliss-reactive ketones (excluding diaryl/α,β-unsaturated/α-hetero) is 1. The standard InChI is InChI=1S/C26H31FO3.C9H9FO.C4H10O/c1-6-19-16(4)21(23(14-25(28)29)17(5)20(19)7-2)11-10-18-13-24(27)26-22(15(18)3)9-8-12-30-26;1-2-9(11)7-4-3-5-8(10)6-7;1-4(2,3)5/h10-11,13H,6-9,12,14H2,1-5H3,(H,28,29);3-6H,2H2,1H3;5H,1-3H3/b11-10+;;. The molecule has 0 saturated carbocycles. The first kappa shape index (κ1) is 38.3. The molecule has 0 saturated heterocycles. The van der Waals surface area contributed by atoms with Crippen LogP contribution in [0.15, 0.2) is 30.3 Å². The number of fused-ring (bicyclic) bond motifs is 1. The van der Waals surface area contributed by atoms with E-state index in [9.17, 15) is 23.5 Å². The highest BCUT2D eigenvalue weighted by Gasteiger charge is 2.21. The van der Waals surface area contributed by atoms with Gasteiger partial charge in [0.05, 0.1) is 18.6 Å². The van der Waals surface area contributed by atoms with E-state index < -0.39 is 11.6 Å². The van der Waals surface area contributed by atoms with E-state index in [-0.39, 0.29) is 23.8 Å². The first-order valence-electron chi connectivity index (χ1n) is 16.0. The predicted molar refractivity (Wildman–Crippen MR) is 183 cm³/mol. The number of aliphatic hydroxyl groups is 1. The summed E-state index contributed by atoms with van der Waals surface area (Å²) >= 11 is 0. The molecule has 0 aromatic heterocycles. The second-order valence-electron chi connectivity index (χ2n) is 12.5. The predicted octanol–water partition coefficient (Wildman–Crippen LogP) is 9.19. The first-order chi connectivity index (χ1) is 21.5.